The van der Waals surface area contributed by atoms with Gasteiger partial charge >= 0.3 is 18.2 Å². The second-order valence-electron chi connectivity index (χ2n) is 9.96. The molecule has 212 valence electrons. The summed E-state index contributed by atoms with van der Waals surface area (Å²) < 4.78 is 15.4. The molecule has 0 saturated carbocycles. The van der Waals surface area contributed by atoms with Crippen LogP contribution >= 0.6 is 0 Å². The van der Waals surface area contributed by atoms with Gasteiger partial charge in [-0.2, -0.15) is 0 Å². The van der Waals surface area contributed by atoms with E-state index in [1.807, 2.05) is 60.7 Å². The zero-order valence-electron chi connectivity index (χ0n) is 23.0. The van der Waals surface area contributed by atoms with Crippen LogP contribution in [0.4, 0.5) is 9.59 Å². The van der Waals surface area contributed by atoms with Gasteiger partial charge in [-0.3, -0.25) is 4.79 Å². The van der Waals surface area contributed by atoms with Crippen molar-refractivity contribution >= 4 is 24.1 Å². The number of methoxy groups -OCH3 is 1. The van der Waals surface area contributed by atoms with Gasteiger partial charge in [-0.05, 0) is 51.2 Å². The maximum Gasteiger partial charge on any atom is 0.408 e. The molecule has 0 fully saturated rings. The van der Waals surface area contributed by atoms with Crippen molar-refractivity contribution in [2.75, 3.05) is 13.7 Å². The van der Waals surface area contributed by atoms with Crippen LogP contribution in [0, 0.1) is 0 Å². The highest BCUT2D eigenvalue weighted by molar-refractivity contribution is 5.89. The van der Waals surface area contributed by atoms with Crippen molar-refractivity contribution in [2.24, 2.45) is 0 Å². The van der Waals surface area contributed by atoms with Gasteiger partial charge in [-0.15, -0.1) is 0 Å². The quantitative estimate of drug-likeness (QED) is 0.199. The average Bonchev–Trinajstić information content (AvgIpc) is 2.90. The lowest BCUT2D eigenvalue weighted by molar-refractivity contribution is -0.145. The van der Waals surface area contributed by atoms with Crippen LogP contribution in [0.5, 0.6) is 0 Å². The van der Waals surface area contributed by atoms with Crippen LogP contribution in [-0.4, -0.2) is 55.4 Å². The predicted octanol–water partition coefficient (Wildman–Crippen LogP) is 3.88. The Morgan fingerprint density at radius 1 is 0.795 bits per heavy atom. The van der Waals surface area contributed by atoms with Crippen LogP contribution in [0.1, 0.15) is 51.2 Å². The predicted molar refractivity (Wildman–Crippen MR) is 146 cm³/mol. The first kappa shape index (κ1) is 31.1. The molecule has 2 atom stereocenters. The van der Waals surface area contributed by atoms with E-state index < -0.39 is 41.7 Å². The Balaban J connectivity index is 1.92. The van der Waals surface area contributed by atoms with Gasteiger partial charge in [0.25, 0.3) is 0 Å². The summed E-state index contributed by atoms with van der Waals surface area (Å²) in [7, 11) is 1.25. The maximum absolute atomic E-state index is 13.2. The highest BCUT2D eigenvalue weighted by Crippen LogP contribution is 2.10. The minimum absolute atomic E-state index is 0.166. The smallest absolute Gasteiger partial charge is 0.408 e. The zero-order chi connectivity index (χ0) is 28.7. The van der Waals surface area contributed by atoms with Crippen molar-refractivity contribution < 1.29 is 33.4 Å². The molecule has 2 rings (SSSR count). The molecule has 2 aromatic rings. The number of carbonyl (C=O) groups is 4. The average molecular weight is 542 g/mol. The topological polar surface area (TPSA) is 132 Å². The summed E-state index contributed by atoms with van der Waals surface area (Å²) in [6.07, 6.45) is 0.224. The van der Waals surface area contributed by atoms with Crippen LogP contribution in [0.2, 0.25) is 0 Å². The van der Waals surface area contributed by atoms with E-state index >= 15 is 0 Å². The molecular formula is C29H39N3O7. The fraction of sp³-hybridized carbons (Fsp3) is 0.448. The molecule has 0 bridgehead atoms. The third-order valence-corrected chi connectivity index (χ3v) is 5.49. The number of alkyl carbamates (subject to hydrolysis) is 2. The first-order chi connectivity index (χ1) is 18.6. The number of hydrogen-bond acceptors (Lipinski definition) is 7. The summed E-state index contributed by atoms with van der Waals surface area (Å²) in [6, 6.07) is 16.7. The molecule has 3 N–H and O–H groups in total. The number of esters is 1. The minimum atomic E-state index is -0.965. The molecule has 0 aliphatic carbocycles. The van der Waals surface area contributed by atoms with E-state index in [0.29, 0.717) is 19.4 Å². The molecule has 3 amide bonds. The van der Waals surface area contributed by atoms with Gasteiger partial charge in [0, 0.05) is 13.0 Å². The van der Waals surface area contributed by atoms with Gasteiger partial charge < -0.3 is 30.2 Å². The van der Waals surface area contributed by atoms with Gasteiger partial charge in [-0.25, -0.2) is 14.4 Å². The molecule has 0 heterocycles. The number of carbonyl (C=O) groups excluding carboxylic acids is 4. The van der Waals surface area contributed by atoms with Gasteiger partial charge in [0.2, 0.25) is 5.91 Å². The summed E-state index contributed by atoms with van der Waals surface area (Å²) in [6.45, 7) is 5.65. The number of ether oxygens (including phenoxy) is 3. The molecule has 0 radical (unpaired) electrons. The molecule has 0 aromatic heterocycles. The van der Waals surface area contributed by atoms with E-state index in [2.05, 4.69) is 16.0 Å². The number of benzene rings is 2. The highest BCUT2D eigenvalue weighted by Gasteiger charge is 2.28. The Bertz CT molecular complexity index is 1060. The van der Waals surface area contributed by atoms with Crippen LogP contribution in [0.25, 0.3) is 0 Å². The Morgan fingerprint density at radius 3 is 2.00 bits per heavy atom. The Morgan fingerprint density at radius 2 is 1.41 bits per heavy atom. The number of nitrogens with one attached hydrogen (secondary N) is 3. The normalized spacial score (nSPS) is 12.4. The fourth-order valence-corrected chi connectivity index (χ4v) is 3.61. The van der Waals surface area contributed by atoms with Crippen LogP contribution < -0.4 is 16.0 Å². The molecule has 10 nitrogen and oxygen atoms in total. The molecule has 0 unspecified atom stereocenters. The zero-order valence-corrected chi connectivity index (χ0v) is 23.0. The van der Waals surface area contributed by atoms with Crippen molar-refractivity contribution in [1.82, 2.24) is 16.0 Å². The molecule has 0 spiro atoms. The van der Waals surface area contributed by atoms with Crippen molar-refractivity contribution in [3.63, 3.8) is 0 Å². The molecule has 0 saturated heterocycles. The summed E-state index contributed by atoms with van der Waals surface area (Å²) in [5.41, 5.74) is 0.971. The van der Waals surface area contributed by atoms with Crippen molar-refractivity contribution in [1.29, 1.82) is 0 Å². The summed E-state index contributed by atoms with van der Waals surface area (Å²) >= 11 is 0. The van der Waals surface area contributed by atoms with Gasteiger partial charge in [0.1, 0.15) is 24.3 Å². The van der Waals surface area contributed by atoms with Crippen molar-refractivity contribution in [2.45, 2.75) is 70.7 Å². The first-order valence-corrected chi connectivity index (χ1v) is 12.9. The molecule has 39 heavy (non-hydrogen) atoms. The van der Waals surface area contributed by atoms with E-state index in [1.165, 1.54) is 7.11 Å². The van der Waals surface area contributed by atoms with Crippen molar-refractivity contribution in [3.8, 4) is 0 Å². The first-order valence-electron chi connectivity index (χ1n) is 12.9. The van der Waals surface area contributed by atoms with Crippen molar-refractivity contribution in [3.05, 3.63) is 71.8 Å². The lowest BCUT2D eigenvalue weighted by Gasteiger charge is -2.25. The van der Waals surface area contributed by atoms with Gasteiger partial charge in [0.05, 0.1) is 7.11 Å². The number of unbranched alkanes of at least 4 members (excludes halogenated alkanes) is 1. The Hall–Kier alpha value is -4.08. The van der Waals surface area contributed by atoms with Crippen LogP contribution in [0.15, 0.2) is 60.7 Å². The van der Waals surface area contributed by atoms with E-state index in [1.54, 1.807) is 20.8 Å². The summed E-state index contributed by atoms with van der Waals surface area (Å²) in [4.78, 5) is 49.9. The second kappa shape index (κ2) is 16.0. The van der Waals surface area contributed by atoms with Crippen LogP contribution in [0.3, 0.4) is 0 Å². The van der Waals surface area contributed by atoms with E-state index in [-0.39, 0.29) is 19.4 Å². The monoisotopic (exact) mass is 541 g/mol. The standard InChI is InChI=1S/C29H39N3O7/c1-29(2,3)39-28(36)32-23(17-11-12-18-30-27(35)38-20-22-15-9-6-10-16-22)25(33)31-24(26(34)37-4)19-21-13-7-5-8-14-21/h5-10,13-16,23-24H,11-12,17-20H2,1-4H3,(H,30,35)(H,31,33)(H,32,36)/t23-,24-/m0/s1. The van der Waals surface area contributed by atoms with E-state index in [0.717, 1.165) is 11.1 Å². The second-order valence-corrected chi connectivity index (χ2v) is 9.96. The SMILES string of the molecule is COC(=O)[C@H](Cc1ccccc1)NC(=O)[C@H](CCCCNC(=O)OCc1ccccc1)NC(=O)OC(C)(C)C. The Kier molecular flexibility index (Phi) is 12.8. The third kappa shape index (κ3) is 12.8. The molecule has 0 aliphatic heterocycles. The Labute approximate surface area is 229 Å². The lowest BCUT2D eigenvalue weighted by atomic mass is 10.0. The molecule has 0 aliphatic rings. The molecule has 2 aromatic carbocycles. The highest BCUT2D eigenvalue weighted by atomic mass is 16.6. The largest absolute Gasteiger partial charge is 0.467 e. The van der Waals surface area contributed by atoms with E-state index in [4.69, 9.17) is 14.2 Å². The summed E-state index contributed by atoms with van der Waals surface area (Å²) in [5.74, 6) is -1.14. The summed E-state index contributed by atoms with van der Waals surface area (Å²) in [5, 5.41) is 7.98. The molecular weight excluding hydrogens is 502 g/mol. The number of amides is 3. The maximum atomic E-state index is 13.2. The number of rotatable bonds is 13. The van der Waals surface area contributed by atoms with Gasteiger partial charge in [0.15, 0.2) is 0 Å². The lowest BCUT2D eigenvalue weighted by Crippen LogP contribution is -2.53. The molecule has 10 heteroatoms. The van der Waals surface area contributed by atoms with E-state index in [9.17, 15) is 19.2 Å². The third-order valence-electron chi connectivity index (χ3n) is 5.49. The minimum Gasteiger partial charge on any atom is -0.467 e. The van der Waals surface area contributed by atoms with Gasteiger partial charge in [-0.1, -0.05) is 60.7 Å². The fourth-order valence-electron chi connectivity index (χ4n) is 3.61. The number of hydrogen-bond donors (Lipinski definition) is 3. The van der Waals surface area contributed by atoms with Crippen LogP contribution in [-0.2, 0) is 36.8 Å².